The number of aromatic nitrogens is 2. The molecule has 3 rings (SSSR count). The first-order valence-corrected chi connectivity index (χ1v) is 9.48. The van der Waals surface area contributed by atoms with Gasteiger partial charge in [-0.05, 0) is 24.1 Å². The van der Waals surface area contributed by atoms with Crippen LogP contribution in [0.25, 0.3) is 11.4 Å². The molecule has 7 nitrogen and oxygen atoms in total. The normalized spacial score (nSPS) is 14.8. The number of nitrogens with zero attached hydrogens (tertiary/aromatic N) is 2. The first kappa shape index (κ1) is 20.9. The molecule has 0 saturated carbocycles. The van der Waals surface area contributed by atoms with E-state index in [2.05, 4.69) is 15.6 Å². The van der Waals surface area contributed by atoms with Gasteiger partial charge in [0.2, 0.25) is 5.91 Å². The van der Waals surface area contributed by atoms with E-state index in [1.807, 2.05) is 13.8 Å². The molecule has 2 amide bonds. The Bertz CT molecular complexity index is 927. The molecule has 1 aliphatic heterocycles. The molecule has 0 spiro atoms. The Labute approximate surface area is 167 Å². The number of amides is 2. The topological polar surface area (TPSA) is 85.3 Å². The van der Waals surface area contributed by atoms with E-state index < -0.39 is 23.6 Å². The quantitative estimate of drug-likeness (QED) is 0.794. The van der Waals surface area contributed by atoms with E-state index in [0.29, 0.717) is 43.3 Å². The number of hydrogen-bond donors (Lipinski definition) is 2. The molecule has 2 aromatic rings. The number of ether oxygens (including phenoxy) is 1. The van der Waals surface area contributed by atoms with Crippen LogP contribution in [0.2, 0.25) is 0 Å². The lowest BCUT2D eigenvalue weighted by Gasteiger charge is -2.20. The second kappa shape index (κ2) is 8.69. The Morgan fingerprint density at radius 3 is 2.62 bits per heavy atom. The highest BCUT2D eigenvalue weighted by Gasteiger charge is 2.29. The third-order valence-corrected chi connectivity index (χ3v) is 4.89. The Balaban J connectivity index is 2.02. The summed E-state index contributed by atoms with van der Waals surface area (Å²) in [5, 5.41) is 5.28. The Morgan fingerprint density at radius 2 is 1.97 bits per heavy atom. The van der Waals surface area contributed by atoms with Crippen LogP contribution in [0.4, 0.5) is 8.78 Å². The van der Waals surface area contributed by atoms with Crippen molar-refractivity contribution in [1.29, 1.82) is 0 Å². The molecular formula is C20H24F2N4O3. The SMILES string of the molecule is CNC(=O)[C@@H](NC(=O)c1nc(-c2ccc(F)c(F)c2)n2c1CCOCC2)C(C)C. The zero-order valence-corrected chi connectivity index (χ0v) is 16.6. The molecular weight excluding hydrogens is 382 g/mol. The summed E-state index contributed by atoms with van der Waals surface area (Å²) < 4.78 is 34.4. The zero-order valence-electron chi connectivity index (χ0n) is 16.6. The monoisotopic (exact) mass is 406 g/mol. The molecule has 1 aromatic heterocycles. The molecule has 156 valence electrons. The molecule has 0 saturated heterocycles. The molecule has 0 fully saturated rings. The van der Waals surface area contributed by atoms with E-state index in [1.165, 1.54) is 13.1 Å². The van der Waals surface area contributed by atoms with Crippen molar-refractivity contribution in [3.05, 3.63) is 41.2 Å². The van der Waals surface area contributed by atoms with Crippen molar-refractivity contribution in [3.63, 3.8) is 0 Å². The van der Waals surface area contributed by atoms with Gasteiger partial charge in [-0.15, -0.1) is 0 Å². The van der Waals surface area contributed by atoms with Gasteiger partial charge in [0, 0.05) is 25.6 Å². The van der Waals surface area contributed by atoms with E-state index in [9.17, 15) is 18.4 Å². The average molecular weight is 406 g/mol. The first-order valence-electron chi connectivity index (χ1n) is 9.48. The highest BCUT2D eigenvalue weighted by atomic mass is 19.2. The van der Waals surface area contributed by atoms with Crippen LogP contribution in [0.3, 0.4) is 0 Å². The predicted molar refractivity (Wildman–Crippen MR) is 102 cm³/mol. The minimum Gasteiger partial charge on any atom is -0.379 e. The number of nitrogens with one attached hydrogen (secondary N) is 2. The van der Waals surface area contributed by atoms with Crippen LogP contribution in [-0.2, 0) is 22.5 Å². The smallest absolute Gasteiger partial charge is 0.272 e. The average Bonchev–Trinajstić information content (AvgIpc) is 2.88. The molecule has 29 heavy (non-hydrogen) atoms. The summed E-state index contributed by atoms with van der Waals surface area (Å²) in [5.74, 6) is -2.52. The molecule has 0 bridgehead atoms. The second-order valence-electron chi connectivity index (χ2n) is 7.18. The highest BCUT2D eigenvalue weighted by Crippen LogP contribution is 2.26. The third kappa shape index (κ3) is 4.29. The lowest BCUT2D eigenvalue weighted by molar-refractivity contribution is -0.123. The molecule has 1 aliphatic rings. The van der Waals surface area contributed by atoms with Crippen molar-refractivity contribution in [1.82, 2.24) is 20.2 Å². The summed E-state index contributed by atoms with van der Waals surface area (Å²) in [7, 11) is 1.51. The van der Waals surface area contributed by atoms with Gasteiger partial charge in [0.15, 0.2) is 11.6 Å². The van der Waals surface area contributed by atoms with E-state index in [4.69, 9.17) is 4.74 Å². The molecule has 0 unspecified atom stereocenters. The molecule has 2 heterocycles. The van der Waals surface area contributed by atoms with Gasteiger partial charge in [0.05, 0.1) is 18.9 Å². The van der Waals surface area contributed by atoms with Gasteiger partial charge in [-0.25, -0.2) is 13.8 Å². The Kier molecular flexibility index (Phi) is 6.26. The van der Waals surface area contributed by atoms with Crippen molar-refractivity contribution < 1.29 is 23.1 Å². The Morgan fingerprint density at radius 1 is 1.21 bits per heavy atom. The number of carbonyl (C=O) groups excluding carboxylic acids is 2. The maximum Gasteiger partial charge on any atom is 0.272 e. The van der Waals surface area contributed by atoms with Crippen LogP contribution in [-0.4, -0.2) is 47.7 Å². The van der Waals surface area contributed by atoms with Crippen molar-refractivity contribution in [2.24, 2.45) is 5.92 Å². The number of rotatable bonds is 5. The van der Waals surface area contributed by atoms with Gasteiger partial charge in [0.25, 0.3) is 5.91 Å². The van der Waals surface area contributed by atoms with Crippen LogP contribution in [0.1, 0.15) is 30.0 Å². The molecule has 9 heteroatoms. The van der Waals surface area contributed by atoms with Gasteiger partial charge in [-0.2, -0.15) is 0 Å². The van der Waals surface area contributed by atoms with Gasteiger partial charge in [-0.3, -0.25) is 9.59 Å². The number of benzene rings is 1. The second-order valence-corrected chi connectivity index (χ2v) is 7.18. The van der Waals surface area contributed by atoms with E-state index in [-0.39, 0.29) is 17.5 Å². The highest BCUT2D eigenvalue weighted by molar-refractivity contribution is 5.97. The van der Waals surface area contributed by atoms with E-state index >= 15 is 0 Å². The number of imidazole rings is 1. The van der Waals surface area contributed by atoms with Crippen LogP contribution in [0.15, 0.2) is 18.2 Å². The van der Waals surface area contributed by atoms with Crippen LogP contribution >= 0.6 is 0 Å². The minimum atomic E-state index is -0.991. The van der Waals surface area contributed by atoms with Gasteiger partial charge < -0.3 is 19.9 Å². The minimum absolute atomic E-state index is 0.130. The van der Waals surface area contributed by atoms with Gasteiger partial charge in [0.1, 0.15) is 17.6 Å². The first-order chi connectivity index (χ1) is 13.8. The summed E-state index contributed by atoms with van der Waals surface area (Å²) in [5.41, 5.74) is 1.15. The fourth-order valence-electron chi connectivity index (χ4n) is 3.34. The summed E-state index contributed by atoms with van der Waals surface area (Å²) in [6.07, 6.45) is 0.436. The number of likely N-dealkylation sites (N-methyl/N-ethyl adjacent to an activating group) is 1. The lowest BCUT2D eigenvalue weighted by Crippen LogP contribution is -2.49. The van der Waals surface area contributed by atoms with Crippen molar-refractivity contribution in [2.45, 2.75) is 32.9 Å². The van der Waals surface area contributed by atoms with Crippen LogP contribution in [0, 0.1) is 17.6 Å². The summed E-state index contributed by atoms with van der Waals surface area (Å²) in [6, 6.07) is 2.78. The maximum atomic E-state index is 13.8. The third-order valence-electron chi connectivity index (χ3n) is 4.89. The zero-order chi connectivity index (χ0) is 21.1. The van der Waals surface area contributed by atoms with Gasteiger partial charge >= 0.3 is 0 Å². The van der Waals surface area contributed by atoms with Gasteiger partial charge in [-0.1, -0.05) is 13.8 Å². The predicted octanol–water partition coefficient (Wildman–Crippen LogP) is 1.90. The van der Waals surface area contributed by atoms with Crippen LogP contribution in [0.5, 0.6) is 0 Å². The number of hydrogen-bond acceptors (Lipinski definition) is 4. The maximum absolute atomic E-state index is 13.8. The Hall–Kier alpha value is -2.81. The number of carbonyl (C=O) groups is 2. The largest absolute Gasteiger partial charge is 0.379 e. The summed E-state index contributed by atoms with van der Waals surface area (Å²) in [4.78, 5) is 29.5. The number of halogens is 2. The summed E-state index contributed by atoms with van der Waals surface area (Å²) >= 11 is 0. The lowest BCUT2D eigenvalue weighted by atomic mass is 10.0. The van der Waals surface area contributed by atoms with Crippen molar-refractivity contribution in [2.75, 3.05) is 20.3 Å². The number of fused-ring (bicyclic) bond motifs is 1. The summed E-state index contributed by atoms with van der Waals surface area (Å²) in [6.45, 7) is 4.90. The molecule has 1 aromatic carbocycles. The van der Waals surface area contributed by atoms with Crippen molar-refractivity contribution in [3.8, 4) is 11.4 Å². The molecule has 1 atom stereocenters. The molecule has 0 radical (unpaired) electrons. The van der Waals surface area contributed by atoms with Crippen LogP contribution < -0.4 is 10.6 Å². The molecule has 0 aliphatic carbocycles. The van der Waals surface area contributed by atoms with E-state index in [0.717, 1.165) is 12.1 Å². The van der Waals surface area contributed by atoms with E-state index in [1.54, 1.807) is 4.57 Å². The standard InChI is InChI=1S/C20H24F2N4O3/c1-11(2)16(19(27)23-3)25-20(28)17-15-6-8-29-9-7-26(15)18(24-17)12-4-5-13(21)14(22)10-12/h4-5,10-11,16H,6-9H2,1-3H3,(H,23,27)(H,25,28)/t16-/m0/s1. The fraction of sp³-hybridized carbons (Fsp3) is 0.450. The fourth-order valence-corrected chi connectivity index (χ4v) is 3.34. The van der Waals surface area contributed by atoms with Crippen molar-refractivity contribution >= 4 is 11.8 Å². The molecule has 2 N–H and O–H groups in total.